The molecule has 0 bridgehead atoms. The lowest BCUT2D eigenvalue weighted by Gasteiger charge is -2.27. The van der Waals surface area contributed by atoms with Gasteiger partial charge in [-0.1, -0.05) is 36.8 Å². The fraction of sp³-hybridized carbons (Fsp3) is 0.500. The first-order valence-electron chi connectivity index (χ1n) is 17.9. The van der Waals surface area contributed by atoms with E-state index in [-0.39, 0.29) is 44.0 Å². The van der Waals surface area contributed by atoms with Crippen LogP contribution in [0.25, 0.3) is 10.9 Å². The van der Waals surface area contributed by atoms with Crippen molar-refractivity contribution >= 4 is 28.7 Å². The third-order valence-corrected chi connectivity index (χ3v) is 9.62. The number of aliphatic hydroxyl groups excluding tert-OH is 1. The Bertz CT molecular complexity index is 1900. The fourth-order valence-electron chi connectivity index (χ4n) is 6.65. The first kappa shape index (κ1) is 39.2. The van der Waals surface area contributed by atoms with Gasteiger partial charge in [-0.05, 0) is 55.3 Å². The van der Waals surface area contributed by atoms with E-state index in [1.54, 1.807) is 29.1 Å². The molecule has 286 valence electrons. The number of aromatic nitrogens is 4. The van der Waals surface area contributed by atoms with E-state index in [4.69, 9.17) is 19.9 Å². The number of benzene rings is 2. The molecule has 0 saturated heterocycles. The average molecular weight is 733 g/mol. The molecule has 4 aromatic rings. The maximum absolute atomic E-state index is 13.3. The van der Waals surface area contributed by atoms with Crippen LogP contribution in [0.1, 0.15) is 48.3 Å². The molecule has 15 heteroatoms. The van der Waals surface area contributed by atoms with Gasteiger partial charge in [0.25, 0.3) is 0 Å². The molecule has 0 unspecified atom stereocenters. The number of methoxy groups -OCH3 is 2. The Morgan fingerprint density at radius 1 is 1.09 bits per heavy atom. The summed E-state index contributed by atoms with van der Waals surface area (Å²) in [4.78, 5) is 42.9. The van der Waals surface area contributed by atoms with Crippen molar-refractivity contribution in [3.8, 4) is 11.5 Å². The Labute approximate surface area is 309 Å². The number of carbonyl (C=O) groups is 3. The number of aryl methyl sites for hydroxylation is 2. The van der Waals surface area contributed by atoms with Crippen LogP contribution in [0.4, 0.5) is 0 Å². The molecule has 2 aromatic heterocycles. The number of amides is 2. The number of carbonyl (C=O) groups excluding carboxylic acids is 3. The van der Waals surface area contributed by atoms with Crippen LogP contribution in [0.5, 0.6) is 11.5 Å². The van der Waals surface area contributed by atoms with Gasteiger partial charge in [-0.2, -0.15) is 0 Å². The van der Waals surface area contributed by atoms with E-state index >= 15 is 0 Å². The number of esters is 1. The van der Waals surface area contributed by atoms with Crippen LogP contribution < -0.4 is 20.5 Å². The second kappa shape index (κ2) is 17.7. The fourth-order valence-corrected chi connectivity index (χ4v) is 6.65. The van der Waals surface area contributed by atoms with Crippen LogP contribution >= 0.6 is 0 Å². The van der Waals surface area contributed by atoms with Crippen LogP contribution in [-0.4, -0.2) is 105 Å². The van der Waals surface area contributed by atoms with E-state index in [0.717, 1.165) is 25.0 Å². The summed E-state index contributed by atoms with van der Waals surface area (Å²) < 4.78 is 20.1. The zero-order chi connectivity index (χ0) is 38.2. The maximum atomic E-state index is 13.3. The number of nitrogens with one attached hydrogen (secondary N) is 1. The molecular formula is C38H52N8O7. The Morgan fingerprint density at radius 3 is 2.58 bits per heavy atom. The summed E-state index contributed by atoms with van der Waals surface area (Å²) in [6, 6.07) is 10.1. The number of hydrogen-bond donors (Lipinski definition) is 3. The summed E-state index contributed by atoms with van der Waals surface area (Å²) in [5, 5.41) is 22.2. The van der Waals surface area contributed by atoms with Gasteiger partial charge in [0.1, 0.15) is 18.3 Å². The standard InChI is InChI=1S/C38H52N8O7/c1-24(2)31(40-36(48)21-44(38(50)30(39)22-47)17-26-8-10-34(51-5)35(16-26)52-6)20-45-18-27(41-42-45)23-53-37(49)12-14-46-32-9-7-25(3)15-28(32)29-19-43(4)13-11-33(29)46/h7-10,15-16,18,24,30-31,47H,11-14,17,19-23,39H2,1-6H3,(H,40,48)/t30-,31+/m0/s1. The lowest BCUT2D eigenvalue weighted by molar-refractivity contribution is -0.145. The number of likely N-dealkylation sites (N-methyl/N-ethyl adjacent to an activating group) is 1. The lowest BCUT2D eigenvalue weighted by atomic mass is 10.0. The molecule has 4 N–H and O–H groups in total. The van der Waals surface area contributed by atoms with Crippen molar-refractivity contribution in [2.75, 3.05) is 41.0 Å². The summed E-state index contributed by atoms with van der Waals surface area (Å²) in [6.07, 6.45) is 2.85. The number of hydrogen-bond acceptors (Lipinski definition) is 11. The number of nitrogens with zero attached hydrogens (tertiary/aromatic N) is 6. The molecule has 1 aliphatic rings. The van der Waals surface area contributed by atoms with Crippen molar-refractivity contribution in [1.82, 2.24) is 34.7 Å². The topological polar surface area (TPSA) is 179 Å². The van der Waals surface area contributed by atoms with Crippen LogP contribution in [0, 0.1) is 12.8 Å². The summed E-state index contributed by atoms with van der Waals surface area (Å²) in [5.41, 5.74) is 12.0. The molecule has 2 atom stereocenters. The minimum absolute atomic E-state index is 0.000968. The van der Waals surface area contributed by atoms with Gasteiger partial charge in [-0.25, -0.2) is 0 Å². The molecule has 53 heavy (non-hydrogen) atoms. The first-order chi connectivity index (χ1) is 25.4. The van der Waals surface area contributed by atoms with Gasteiger partial charge < -0.3 is 44.7 Å². The van der Waals surface area contributed by atoms with E-state index < -0.39 is 24.5 Å². The van der Waals surface area contributed by atoms with Crippen molar-refractivity contribution in [2.24, 2.45) is 11.7 Å². The quantitative estimate of drug-likeness (QED) is 0.136. The molecule has 0 radical (unpaired) electrons. The molecular weight excluding hydrogens is 680 g/mol. The molecule has 2 amide bonds. The predicted molar refractivity (Wildman–Crippen MR) is 198 cm³/mol. The monoisotopic (exact) mass is 732 g/mol. The number of rotatable bonds is 17. The Kier molecular flexibility index (Phi) is 13.1. The summed E-state index contributed by atoms with van der Waals surface area (Å²) in [7, 11) is 5.17. The molecule has 0 spiro atoms. The lowest BCUT2D eigenvalue weighted by Crippen LogP contribution is -2.51. The highest BCUT2D eigenvalue weighted by Gasteiger charge is 2.26. The van der Waals surface area contributed by atoms with Crippen LogP contribution in [-0.2, 0) is 58.3 Å². The number of ether oxygens (including phenoxy) is 3. The van der Waals surface area contributed by atoms with E-state index in [1.807, 2.05) is 13.8 Å². The van der Waals surface area contributed by atoms with Gasteiger partial charge in [-0.3, -0.25) is 19.1 Å². The minimum Gasteiger partial charge on any atom is -0.493 e. The van der Waals surface area contributed by atoms with E-state index in [1.165, 1.54) is 41.3 Å². The second-order valence-corrected chi connectivity index (χ2v) is 14.0. The van der Waals surface area contributed by atoms with Gasteiger partial charge in [0, 0.05) is 49.2 Å². The van der Waals surface area contributed by atoms with E-state index in [0.29, 0.717) is 35.8 Å². The summed E-state index contributed by atoms with van der Waals surface area (Å²) >= 11 is 0. The van der Waals surface area contributed by atoms with Gasteiger partial charge in [0.15, 0.2) is 11.5 Å². The van der Waals surface area contributed by atoms with Crippen molar-refractivity contribution in [1.29, 1.82) is 0 Å². The molecule has 3 heterocycles. The van der Waals surface area contributed by atoms with Crippen LogP contribution in [0.3, 0.4) is 0 Å². The molecule has 0 saturated carbocycles. The highest BCUT2D eigenvalue weighted by molar-refractivity contribution is 5.88. The van der Waals surface area contributed by atoms with E-state index in [2.05, 4.69) is 57.3 Å². The smallest absolute Gasteiger partial charge is 0.307 e. The Morgan fingerprint density at radius 2 is 1.87 bits per heavy atom. The molecule has 15 nitrogen and oxygen atoms in total. The highest BCUT2D eigenvalue weighted by atomic mass is 16.5. The third kappa shape index (κ3) is 9.72. The molecule has 0 fully saturated rings. The molecule has 1 aliphatic heterocycles. The zero-order valence-electron chi connectivity index (χ0n) is 31.5. The Balaban J connectivity index is 1.16. The van der Waals surface area contributed by atoms with Gasteiger partial charge in [0.2, 0.25) is 11.8 Å². The number of fused-ring (bicyclic) bond motifs is 3. The van der Waals surface area contributed by atoms with Crippen molar-refractivity contribution < 1.29 is 33.7 Å². The van der Waals surface area contributed by atoms with Gasteiger partial charge >= 0.3 is 5.97 Å². The summed E-state index contributed by atoms with van der Waals surface area (Å²) in [5.74, 6) is -0.304. The van der Waals surface area contributed by atoms with Crippen molar-refractivity contribution in [2.45, 2.75) is 78.5 Å². The first-order valence-corrected chi connectivity index (χ1v) is 17.9. The number of nitrogens with two attached hydrogens (primary N) is 1. The molecule has 0 aliphatic carbocycles. The highest BCUT2D eigenvalue weighted by Crippen LogP contribution is 2.32. The summed E-state index contributed by atoms with van der Waals surface area (Å²) in [6.45, 7) is 7.89. The van der Waals surface area contributed by atoms with Crippen LogP contribution in [0.2, 0.25) is 0 Å². The Hall–Kier alpha value is -4.99. The van der Waals surface area contributed by atoms with Crippen LogP contribution in [0.15, 0.2) is 42.6 Å². The van der Waals surface area contributed by atoms with Gasteiger partial charge in [-0.15, -0.1) is 5.10 Å². The largest absolute Gasteiger partial charge is 0.493 e. The van der Waals surface area contributed by atoms with Gasteiger partial charge in [0.05, 0.1) is 52.6 Å². The molecule has 5 rings (SSSR count). The van der Waals surface area contributed by atoms with Crippen molar-refractivity contribution in [3.63, 3.8) is 0 Å². The second-order valence-electron chi connectivity index (χ2n) is 14.0. The minimum atomic E-state index is -1.18. The zero-order valence-corrected chi connectivity index (χ0v) is 31.5. The normalized spacial score (nSPS) is 14.1. The maximum Gasteiger partial charge on any atom is 0.307 e. The third-order valence-electron chi connectivity index (χ3n) is 9.62. The van der Waals surface area contributed by atoms with E-state index in [9.17, 15) is 19.5 Å². The number of aliphatic hydroxyl groups is 1. The predicted octanol–water partition coefficient (Wildman–Crippen LogP) is 2.17. The molecule has 2 aromatic carbocycles. The average Bonchev–Trinajstić information content (AvgIpc) is 3.72. The SMILES string of the molecule is COc1ccc(CN(CC(=O)N[C@H](Cn2cc(COC(=O)CCn3c4c(c5cc(C)ccc53)CN(C)CC4)nn2)C(C)C)C(=O)[C@@H](N)CO)cc1OC. The van der Waals surface area contributed by atoms with Crippen molar-refractivity contribution in [3.05, 3.63) is 70.7 Å².